The zero-order valence-corrected chi connectivity index (χ0v) is 23.4. The molecule has 1 heterocycles. The third kappa shape index (κ3) is 6.19. The van der Waals surface area contributed by atoms with E-state index in [1.54, 1.807) is 12.1 Å². The fourth-order valence-electron chi connectivity index (χ4n) is 5.71. The molecule has 5 rings (SSSR count). The number of nitrogens with zero attached hydrogens (tertiary/aromatic N) is 2. The van der Waals surface area contributed by atoms with Crippen molar-refractivity contribution in [3.8, 4) is 11.1 Å². The molecule has 0 atom stereocenters. The van der Waals surface area contributed by atoms with E-state index in [1.165, 1.54) is 19.3 Å². The molecule has 0 spiro atoms. The second kappa shape index (κ2) is 12.4. The van der Waals surface area contributed by atoms with Crippen LogP contribution in [0, 0.1) is 6.92 Å². The Kier molecular flexibility index (Phi) is 8.48. The van der Waals surface area contributed by atoms with Crippen LogP contribution in [0.1, 0.15) is 79.2 Å². The van der Waals surface area contributed by atoms with Crippen molar-refractivity contribution in [2.75, 3.05) is 5.32 Å². The number of nitrogens with one attached hydrogen (secondary N) is 2. The molecule has 3 aromatic carbocycles. The summed E-state index contributed by atoms with van der Waals surface area (Å²) in [6, 6.07) is 19.3. The van der Waals surface area contributed by atoms with Gasteiger partial charge in [-0.2, -0.15) is 0 Å². The summed E-state index contributed by atoms with van der Waals surface area (Å²) in [6.45, 7) is 4.86. The quantitative estimate of drug-likeness (QED) is 0.205. The summed E-state index contributed by atoms with van der Waals surface area (Å²) < 4.78 is 2.25. The molecule has 7 heteroatoms. The first-order chi connectivity index (χ1) is 19.4. The number of carbonyl (C=O) groups excluding carboxylic acids is 1. The summed E-state index contributed by atoms with van der Waals surface area (Å²) in [5.74, 6) is 0.0985. The number of aromatic carboxylic acids is 1. The van der Waals surface area contributed by atoms with E-state index < -0.39 is 5.97 Å². The van der Waals surface area contributed by atoms with Crippen LogP contribution in [0.3, 0.4) is 0 Å². The minimum absolute atomic E-state index is 0.153. The number of hydrogen-bond acceptors (Lipinski definition) is 3. The van der Waals surface area contributed by atoms with Crippen molar-refractivity contribution in [2.24, 2.45) is 0 Å². The van der Waals surface area contributed by atoms with Crippen molar-refractivity contribution in [1.82, 2.24) is 14.9 Å². The molecule has 0 bridgehead atoms. The lowest BCUT2D eigenvalue weighted by Crippen LogP contribution is -2.39. The summed E-state index contributed by atoms with van der Waals surface area (Å²) in [6.07, 6.45) is 8.67. The average molecular weight is 539 g/mol. The van der Waals surface area contributed by atoms with Gasteiger partial charge in [-0.25, -0.2) is 14.6 Å². The maximum absolute atomic E-state index is 12.8. The van der Waals surface area contributed by atoms with Gasteiger partial charge in [-0.15, -0.1) is 0 Å². The highest BCUT2D eigenvalue weighted by molar-refractivity contribution is 5.96. The van der Waals surface area contributed by atoms with Gasteiger partial charge in [0, 0.05) is 24.7 Å². The molecule has 1 aromatic heterocycles. The second-order valence-corrected chi connectivity index (χ2v) is 10.9. The van der Waals surface area contributed by atoms with Crippen LogP contribution in [-0.2, 0) is 13.0 Å². The van der Waals surface area contributed by atoms with Crippen molar-refractivity contribution in [3.05, 3.63) is 83.2 Å². The third-order valence-corrected chi connectivity index (χ3v) is 7.84. The number of benzene rings is 3. The highest BCUT2D eigenvalue weighted by Crippen LogP contribution is 2.28. The van der Waals surface area contributed by atoms with E-state index in [9.17, 15) is 14.7 Å². The summed E-state index contributed by atoms with van der Waals surface area (Å²) in [4.78, 5) is 29.5. The number of aryl methyl sites for hydroxylation is 2. The number of anilines is 1. The van der Waals surface area contributed by atoms with E-state index >= 15 is 0 Å². The van der Waals surface area contributed by atoms with Gasteiger partial charge in [0.2, 0.25) is 0 Å². The minimum Gasteiger partial charge on any atom is -0.478 e. The molecule has 1 saturated carbocycles. The molecule has 0 unspecified atom stereocenters. The molecule has 3 N–H and O–H groups in total. The molecule has 1 aliphatic carbocycles. The molecule has 1 fully saturated rings. The normalized spacial score (nSPS) is 13.8. The first-order valence-electron chi connectivity index (χ1n) is 14.4. The van der Waals surface area contributed by atoms with Crippen LogP contribution in [0.25, 0.3) is 22.2 Å². The van der Waals surface area contributed by atoms with Gasteiger partial charge in [0.1, 0.15) is 5.82 Å². The van der Waals surface area contributed by atoms with E-state index in [1.807, 2.05) is 43.3 Å². The van der Waals surface area contributed by atoms with Gasteiger partial charge in [-0.05, 0) is 66.6 Å². The van der Waals surface area contributed by atoms with Crippen LogP contribution >= 0.6 is 0 Å². The summed E-state index contributed by atoms with van der Waals surface area (Å²) in [5.41, 5.74) is 6.71. The summed E-state index contributed by atoms with van der Waals surface area (Å²) in [7, 11) is 0. The molecule has 0 aliphatic heterocycles. The van der Waals surface area contributed by atoms with E-state index in [0.29, 0.717) is 17.7 Å². The van der Waals surface area contributed by atoms with Crippen molar-refractivity contribution in [1.29, 1.82) is 0 Å². The number of fused-ring (bicyclic) bond motifs is 1. The van der Waals surface area contributed by atoms with Crippen molar-refractivity contribution in [3.63, 3.8) is 0 Å². The monoisotopic (exact) mass is 538 g/mol. The van der Waals surface area contributed by atoms with Gasteiger partial charge in [0.05, 0.1) is 16.6 Å². The fraction of sp³-hybridized carbons (Fsp3) is 0.364. The molecule has 0 saturated heterocycles. The van der Waals surface area contributed by atoms with Crippen molar-refractivity contribution in [2.45, 2.75) is 77.8 Å². The Morgan fingerprint density at radius 2 is 1.77 bits per heavy atom. The van der Waals surface area contributed by atoms with Gasteiger partial charge >= 0.3 is 12.0 Å². The number of carboxylic acid groups (broad SMARTS) is 1. The van der Waals surface area contributed by atoms with Crippen molar-refractivity contribution >= 4 is 28.7 Å². The van der Waals surface area contributed by atoms with Gasteiger partial charge in [-0.3, -0.25) is 0 Å². The number of aromatic nitrogens is 2. The molecule has 2 amide bonds. The molecular weight excluding hydrogens is 500 g/mol. The number of carbonyl (C=O) groups is 2. The zero-order chi connectivity index (χ0) is 28.1. The summed E-state index contributed by atoms with van der Waals surface area (Å²) >= 11 is 0. The van der Waals surface area contributed by atoms with Gasteiger partial charge in [0.15, 0.2) is 0 Å². The molecule has 0 radical (unpaired) electrons. The number of imidazole rings is 1. The number of carboxylic acids is 1. The van der Waals surface area contributed by atoms with Crippen LogP contribution < -0.4 is 10.6 Å². The highest BCUT2D eigenvalue weighted by atomic mass is 16.4. The predicted molar refractivity (Wildman–Crippen MR) is 160 cm³/mol. The van der Waals surface area contributed by atoms with Gasteiger partial charge in [-0.1, -0.05) is 75.1 Å². The number of unbranched alkanes of at least 4 members (excludes halogenated alkanes) is 1. The Morgan fingerprint density at radius 1 is 1.02 bits per heavy atom. The first-order valence-corrected chi connectivity index (χ1v) is 14.4. The third-order valence-electron chi connectivity index (χ3n) is 7.84. The maximum atomic E-state index is 12.8. The van der Waals surface area contributed by atoms with Crippen LogP contribution in [0.15, 0.2) is 60.7 Å². The largest absolute Gasteiger partial charge is 0.478 e. The minimum atomic E-state index is -0.933. The smallest absolute Gasteiger partial charge is 0.336 e. The Morgan fingerprint density at radius 3 is 2.50 bits per heavy atom. The van der Waals surface area contributed by atoms with E-state index in [0.717, 1.165) is 71.3 Å². The average Bonchev–Trinajstić information content (AvgIpc) is 3.30. The zero-order valence-electron chi connectivity index (χ0n) is 23.4. The summed E-state index contributed by atoms with van der Waals surface area (Å²) in [5, 5.41) is 15.8. The molecule has 4 aromatic rings. The number of amides is 2. The van der Waals surface area contributed by atoms with Crippen LogP contribution in [0.2, 0.25) is 0 Å². The predicted octanol–water partition coefficient (Wildman–Crippen LogP) is 7.56. The van der Waals surface area contributed by atoms with Crippen LogP contribution in [0.4, 0.5) is 10.5 Å². The SMILES string of the molecule is CCCCc1nc2c(C)cc(NC(=O)NC3CCCCC3)cc2n1Cc1ccc(-c2ccccc2C(=O)O)cc1. The molecule has 1 aliphatic rings. The first kappa shape index (κ1) is 27.4. The van der Waals surface area contributed by atoms with E-state index in [2.05, 4.69) is 34.3 Å². The maximum Gasteiger partial charge on any atom is 0.336 e. The molecular formula is C33H38N4O3. The van der Waals surface area contributed by atoms with E-state index in [-0.39, 0.29) is 12.1 Å². The Balaban J connectivity index is 1.43. The topological polar surface area (TPSA) is 96.3 Å². The molecule has 40 heavy (non-hydrogen) atoms. The lowest BCUT2D eigenvalue weighted by atomic mass is 9.96. The van der Waals surface area contributed by atoms with Crippen molar-refractivity contribution < 1.29 is 14.7 Å². The Bertz CT molecular complexity index is 1500. The Hall–Kier alpha value is -4.13. The second-order valence-electron chi connectivity index (χ2n) is 10.9. The lowest BCUT2D eigenvalue weighted by Gasteiger charge is -2.23. The molecule has 7 nitrogen and oxygen atoms in total. The Labute approximate surface area is 235 Å². The van der Waals surface area contributed by atoms with Gasteiger partial charge in [0.25, 0.3) is 0 Å². The standard InChI is InChI=1S/C33H38N4O3/c1-3-4-14-30-36-31-22(2)19-26(35-33(40)34-25-10-6-5-7-11-25)20-29(31)37(30)21-23-15-17-24(18-16-23)27-12-8-9-13-28(27)32(38)39/h8-9,12-13,15-20,25H,3-7,10-11,14,21H2,1-2H3,(H,38,39)(H2,34,35,40). The highest BCUT2D eigenvalue weighted by Gasteiger charge is 2.18. The number of rotatable bonds is 9. The van der Waals surface area contributed by atoms with E-state index in [4.69, 9.17) is 4.98 Å². The van der Waals surface area contributed by atoms with Crippen LogP contribution in [-0.4, -0.2) is 32.7 Å². The van der Waals surface area contributed by atoms with Crippen LogP contribution in [0.5, 0.6) is 0 Å². The fourth-order valence-corrected chi connectivity index (χ4v) is 5.71. The van der Waals surface area contributed by atoms with Gasteiger partial charge < -0.3 is 20.3 Å². The molecule has 208 valence electrons. The number of hydrogen-bond donors (Lipinski definition) is 3. The lowest BCUT2D eigenvalue weighted by molar-refractivity contribution is 0.0697. The number of urea groups is 1.